The van der Waals surface area contributed by atoms with E-state index in [9.17, 15) is 18.0 Å². The van der Waals surface area contributed by atoms with Gasteiger partial charge in [0.1, 0.15) is 5.60 Å². The van der Waals surface area contributed by atoms with E-state index < -0.39 is 18.2 Å². The summed E-state index contributed by atoms with van der Waals surface area (Å²) < 4.78 is 46.2. The van der Waals surface area contributed by atoms with Crippen LogP contribution in [-0.4, -0.2) is 37.9 Å². The van der Waals surface area contributed by atoms with Gasteiger partial charge in [-0.1, -0.05) is 0 Å². The standard InChI is InChI=1S/C11H17F3O3/c1-16-10(5-7-17-8-6-10)9(15)3-2-4-11(12,13)14/h2-8H2,1H3. The van der Waals surface area contributed by atoms with Crippen LogP contribution in [0.3, 0.4) is 0 Å². The van der Waals surface area contributed by atoms with Crippen molar-refractivity contribution in [3.8, 4) is 0 Å². The number of alkyl halides is 3. The highest BCUT2D eigenvalue weighted by Crippen LogP contribution is 2.29. The molecule has 1 aliphatic heterocycles. The first-order valence-electron chi connectivity index (χ1n) is 5.63. The van der Waals surface area contributed by atoms with Gasteiger partial charge in [0, 0.05) is 46.0 Å². The Balaban J connectivity index is 2.44. The van der Waals surface area contributed by atoms with E-state index in [-0.39, 0.29) is 18.6 Å². The molecule has 1 fully saturated rings. The zero-order valence-electron chi connectivity index (χ0n) is 9.81. The van der Waals surface area contributed by atoms with E-state index in [0.29, 0.717) is 26.1 Å². The van der Waals surface area contributed by atoms with Gasteiger partial charge in [-0.2, -0.15) is 13.2 Å². The number of ketones is 1. The van der Waals surface area contributed by atoms with Gasteiger partial charge in [-0.05, 0) is 6.42 Å². The van der Waals surface area contributed by atoms with E-state index in [1.54, 1.807) is 0 Å². The molecule has 1 heterocycles. The molecule has 0 bridgehead atoms. The van der Waals surface area contributed by atoms with E-state index in [2.05, 4.69) is 0 Å². The molecule has 1 rings (SSSR count). The van der Waals surface area contributed by atoms with Crippen molar-refractivity contribution in [2.45, 2.75) is 43.9 Å². The summed E-state index contributed by atoms with van der Waals surface area (Å²) in [5, 5.41) is 0. The smallest absolute Gasteiger partial charge is 0.381 e. The topological polar surface area (TPSA) is 35.5 Å². The summed E-state index contributed by atoms with van der Waals surface area (Å²) >= 11 is 0. The van der Waals surface area contributed by atoms with Crippen molar-refractivity contribution in [3.05, 3.63) is 0 Å². The van der Waals surface area contributed by atoms with Crippen LogP contribution in [0, 0.1) is 0 Å². The first kappa shape index (κ1) is 14.4. The van der Waals surface area contributed by atoms with Gasteiger partial charge in [0.25, 0.3) is 0 Å². The minimum Gasteiger partial charge on any atom is -0.381 e. The zero-order valence-corrected chi connectivity index (χ0v) is 9.81. The number of ether oxygens (including phenoxy) is 2. The van der Waals surface area contributed by atoms with Crippen LogP contribution < -0.4 is 0 Å². The summed E-state index contributed by atoms with van der Waals surface area (Å²) in [4.78, 5) is 11.9. The Morgan fingerprint density at radius 1 is 1.35 bits per heavy atom. The normalized spacial score (nSPS) is 20.2. The number of carbonyl (C=O) groups is 1. The predicted molar refractivity (Wildman–Crippen MR) is 54.7 cm³/mol. The number of rotatable bonds is 5. The summed E-state index contributed by atoms with van der Waals surface area (Å²) in [6, 6.07) is 0. The molecule has 0 N–H and O–H groups in total. The molecule has 0 radical (unpaired) electrons. The highest BCUT2D eigenvalue weighted by Gasteiger charge is 2.39. The van der Waals surface area contributed by atoms with Gasteiger partial charge in [-0.25, -0.2) is 0 Å². The molecule has 3 nitrogen and oxygen atoms in total. The molecule has 0 aromatic rings. The fourth-order valence-electron chi connectivity index (χ4n) is 1.98. The Morgan fingerprint density at radius 2 is 1.94 bits per heavy atom. The van der Waals surface area contributed by atoms with Crippen LogP contribution in [0.5, 0.6) is 0 Å². The van der Waals surface area contributed by atoms with Crippen LogP contribution >= 0.6 is 0 Å². The molecule has 1 aliphatic rings. The molecular weight excluding hydrogens is 237 g/mol. The molecule has 0 spiro atoms. The van der Waals surface area contributed by atoms with Crippen LogP contribution in [-0.2, 0) is 14.3 Å². The molecule has 0 aromatic carbocycles. The van der Waals surface area contributed by atoms with Gasteiger partial charge in [-0.3, -0.25) is 4.79 Å². The SMILES string of the molecule is COC1(C(=O)CCCC(F)(F)F)CCOCC1. The van der Waals surface area contributed by atoms with E-state index >= 15 is 0 Å². The molecule has 100 valence electrons. The Kier molecular flexibility index (Phi) is 4.94. The van der Waals surface area contributed by atoms with Gasteiger partial charge in [0.05, 0.1) is 0 Å². The minimum atomic E-state index is -4.20. The summed E-state index contributed by atoms with van der Waals surface area (Å²) in [5.41, 5.74) is -0.927. The summed E-state index contributed by atoms with van der Waals surface area (Å²) in [5.74, 6) is -0.243. The quantitative estimate of drug-likeness (QED) is 0.756. The van der Waals surface area contributed by atoms with Crippen LogP contribution in [0.15, 0.2) is 0 Å². The fourth-order valence-corrected chi connectivity index (χ4v) is 1.98. The van der Waals surface area contributed by atoms with E-state index in [1.807, 2.05) is 0 Å². The van der Waals surface area contributed by atoms with E-state index in [0.717, 1.165) is 0 Å². The van der Waals surface area contributed by atoms with Crippen molar-refractivity contribution in [2.75, 3.05) is 20.3 Å². The maximum absolute atomic E-state index is 12.0. The highest BCUT2D eigenvalue weighted by molar-refractivity contribution is 5.87. The van der Waals surface area contributed by atoms with Crippen molar-refractivity contribution in [1.29, 1.82) is 0 Å². The average molecular weight is 254 g/mol. The predicted octanol–water partition coefficient (Wildman–Crippen LogP) is 2.48. The van der Waals surface area contributed by atoms with Crippen LogP contribution in [0.25, 0.3) is 0 Å². The second kappa shape index (κ2) is 5.82. The van der Waals surface area contributed by atoms with Gasteiger partial charge >= 0.3 is 6.18 Å². The van der Waals surface area contributed by atoms with Crippen LogP contribution in [0.4, 0.5) is 13.2 Å². The largest absolute Gasteiger partial charge is 0.389 e. The van der Waals surface area contributed by atoms with Crippen molar-refractivity contribution >= 4 is 5.78 Å². The molecular formula is C11H17F3O3. The second-order valence-corrected chi connectivity index (χ2v) is 4.20. The minimum absolute atomic E-state index is 0.0899. The molecule has 17 heavy (non-hydrogen) atoms. The van der Waals surface area contributed by atoms with Crippen molar-refractivity contribution in [1.82, 2.24) is 0 Å². The third-order valence-electron chi connectivity index (χ3n) is 3.06. The number of Topliss-reactive ketones (excluding diaryl/α,β-unsaturated/α-hetero) is 1. The van der Waals surface area contributed by atoms with Crippen molar-refractivity contribution in [3.63, 3.8) is 0 Å². The molecule has 6 heteroatoms. The maximum Gasteiger partial charge on any atom is 0.389 e. The summed E-state index contributed by atoms with van der Waals surface area (Å²) in [7, 11) is 1.42. The zero-order chi connectivity index (χ0) is 12.9. The number of halogens is 3. The molecule has 0 aromatic heterocycles. The lowest BCUT2D eigenvalue weighted by molar-refractivity contribution is -0.155. The van der Waals surface area contributed by atoms with Gasteiger partial charge < -0.3 is 9.47 Å². The Morgan fingerprint density at radius 3 is 2.41 bits per heavy atom. The van der Waals surface area contributed by atoms with Crippen molar-refractivity contribution < 1.29 is 27.4 Å². The molecule has 0 amide bonds. The average Bonchev–Trinajstić information content (AvgIpc) is 2.28. The molecule has 0 aliphatic carbocycles. The number of methoxy groups -OCH3 is 1. The monoisotopic (exact) mass is 254 g/mol. The third-order valence-corrected chi connectivity index (χ3v) is 3.06. The lowest BCUT2D eigenvalue weighted by Crippen LogP contribution is -2.45. The van der Waals surface area contributed by atoms with E-state index in [1.165, 1.54) is 7.11 Å². The number of carbonyl (C=O) groups excluding carboxylic acids is 1. The molecule has 1 saturated heterocycles. The fraction of sp³-hybridized carbons (Fsp3) is 0.909. The van der Waals surface area contributed by atoms with Crippen LogP contribution in [0.2, 0.25) is 0 Å². The molecule has 0 unspecified atom stereocenters. The first-order chi connectivity index (χ1) is 7.90. The second-order valence-electron chi connectivity index (χ2n) is 4.20. The summed E-state index contributed by atoms with van der Waals surface area (Å²) in [6.07, 6.45) is -4.53. The molecule has 0 saturated carbocycles. The maximum atomic E-state index is 12.0. The first-order valence-corrected chi connectivity index (χ1v) is 5.63. The Bertz CT molecular complexity index is 257. The molecule has 0 atom stereocenters. The van der Waals surface area contributed by atoms with Gasteiger partial charge in [0.15, 0.2) is 5.78 Å². The van der Waals surface area contributed by atoms with E-state index in [4.69, 9.17) is 9.47 Å². The van der Waals surface area contributed by atoms with Gasteiger partial charge in [-0.15, -0.1) is 0 Å². The Labute approximate surface area is 98.3 Å². The summed E-state index contributed by atoms with van der Waals surface area (Å²) in [6.45, 7) is 0.831. The lowest BCUT2D eigenvalue weighted by Gasteiger charge is -2.34. The Hall–Kier alpha value is -0.620. The van der Waals surface area contributed by atoms with Crippen molar-refractivity contribution in [2.24, 2.45) is 0 Å². The number of hydrogen-bond donors (Lipinski definition) is 0. The lowest BCUT2D eigenvalue weighted by atomic mass is 9.87. The van der Waals surface area contributed by atoms with Crippen LogP contribution in [0.1, 0.15) is 32.1 Å². The highest BCUT2D eigenvalue weighted by atomic mass is 19.4. The number of hydrogen-bond acceptors (Lipinski definition) is 3. The third kappa shape index (κ3) is 4.27. The van der Waals surface area contributed by atoms with Gasteiger partial charge in [0.2, 0.25) is 0 Å².